The van der Waals surface area contributed by atoms with E-state index in [1.165, 1.54) is 12.8 Å². The first kappa shape index (κ1) is 25.2. The van der Waals surface area contributed by atoms with Crippen LogP contribution < -0.4 is 10.6 Å². The smallest absolute Gasteiger partial charge is 0.191 e. The highest BCUT2D eigenvalue weighted by molar-refractivity contribution is 14.0. The van der Waals surface area contributed by atoms with Crippen molar-refractivity contribution in [2.45, 2.75) is 51.3 Å². The van der Waals surface area contributed by atoms with Gasteiger partial charge in [0, 0.05) is 13.1 Å². The highest BCUT2D eigenvalue weighted by Crippen LogP contribution is 2.25. The second-order valence-electron chi connectivity index (χ2n) is 7.85. The zero-order valence-corrected chi connectivity index (χ0v) is 20.5. The molecular weight excluding hydrogens is 491 g/mol. The normalized spacial score (nSPS) is 17.2. The summed E-state index contributed by atoms with van der Waals surface area (Å²) in [7, 11) is -3.16. The van der Waals surface area contributed by atoms with Crippen LogP contribution in [0.3, 0.4) is 0 Å². The van der Waals surface area contributed by atoms with Crippen LogP contribution in [0.5, 0.6) is 0 Å². The van der Waals surface area contributed by atoms with Crippen molar-refractivity contribution in [2.24, 2.45) is 4.99 Å². The predicted molar refractivity (Wildman–Crippen MR) is 125 cm³/mol. The van der Waals surface area contributed by atoms with Gasteiger partial charge < -0.3 is 15.1 Å². The molecule has 2 N–H and O–H groups in total. The van der Waals surface area contributed by atoms with E-state index in [2.05, 4.69) is 15.5 Å². The maximum Gasteiger partial charge on any atom is 0.191 e. The van der Waals surface area contributed by atoms with Crippen LogP contribution in [0.4, 0.5) is 0 Å². The third-order valence-corrected chi connectivity index (χ3v) is 7.42. The van der Waals surface area contributed by atoms with E-state index in [-0.39, 0.29) is 35.8 Å². The molecule has 1 saturated heterocycles. The van der Waals surface area contributed by atoms with E-state index in [1.807, 2.05) is 19.1 Å². The van der Waals surface area contributed by atoms with E-state index < -0.39 is 14.6 Å². The molecule has 0 aliphatic carbocycles. The number of furan rings is 1. The minimum Gasteiger partial charge on any atom is -0.468 e. The first-order valence-electron chi connectivity index (χ1n) is 9.76. The number of guanidine groups is 1. The molecule has 28 heavy (non-hydrogen) atoms. The Bertz CT molecular complexity index is 693. The van der Waals surface area contributed by atoms with Gasteiger partial charge in [-0.2, -0.15) is 0 Å². The SMILES string of the molecule is CCNC(=NCC(c1ccco1)N1CCCC1)NCCS(=O)(=O)C(C)(C)C.I. The Labute approximate surface area is 186 Å². The number of sulfone groups is 1. The van der Waals surface area contributed by atoms with Gasteiger partial charge in [-0.25, -0.2) is 8.42 Å². The zero-order chi connectivity index (χ0) is 19.9. The predicted octanol–water partition coefficient (Wildman–Crippen LogP) is 2.80. The number of nitrogens with zero attached hydrogens (tertiary/aromatic N) is 2. The maximum atomic E-state index is 12.3. The molecule has 162 valence electrons. The highest BCUT2D eigenvalue weighted by Gasteiger charge is 2.28. The fraction of sp³-hybridized carbons (Fsp3) is 0.737. The Hall–Kier alpha value is -0.810. The molecule has 0 spiro atoms. The Morgan fingerprint density at radius 1 is 1.29 bits per heavy atom. The van der Waals surface area contributed by atoms with Crippen molar-refractivity contribution in [3.8, 4) is 0 Å². The number of halogens is 1. The lowest BCUT2D eigenvalue weighted by Gasteiger charge is -2.25. The molecule has 1 aliphatic rings. The molecule has 0 radical (unpaired) electrons. The number of likely N-dealkylation sites (tertiary alicyclic amines) is 1. The standard InChI is InChI=1S/C19H34N4O3S.HI/c1-5-20-18(21-10-14-27(24,25)19(2,3)4)22-15-16(17-9-8-13-26-17)23-11-6-7-12-23;/h8-9,13,16H,5-7,10-12,14-15H2,1-4H3,(H2,20,21,22);1H. The quantitative estimate of drug-likeness (QED) is 0.308. The lowest BCUT2D eigenvalue weighted by molar-refractivity contribution is 0.221. The summed E-state index contributed by atoms with van der Waals surface area (Å²) >= 11 is 0. The van der Waals surface area contributed by atoms with Gasteiger partial charge in [0.2, 0.25) is 0 Å². The largest absolute Gasteiger partial charge is 0.468 e. The monoisotopic (exact) mass is 526 g/mol. The van der Waals surface area contributed by atoms with Crippen molar-refractivity contribution >= 4 is 39.8 Å². The van der Waals surface area contributed by atoms with Crippen LogP contribution in [0.1, 0.15) is 52.3 Å². The Morgan fingerprint density at radius 2 is 1.96 bits per heavy atom. The van der Waals surface area contributed by atoms with Crippen molar-refractivity contribution in [1.82, 2.24) is 15.5 Å². The lowest BCUT2D eigenvalue weighted by atomic mass is 10.2. The summed E-state index contributed by atoms with van der Waals surface area (Å²) in [6.07, 6.45) is 4.09. The third kappa shape index (κ3) is 7.22. The second kappa shape index (κ2) is 11.4. The van der Waals surface area contributed by atoms with Crippen molar-refractivity contribution in [1.29, 1.82) is 0 Å². The van der Waals surface area contributed by atoms with Gasteiger partial charge in [0.25, 0.3) is 0 Å². The van der Waals surface area contributed by atoms with Gasteiger partial charge >= 0.3 is 0 Å². The van der Waals surface area contributed by atoms with Gasteiger partial charge in [0.15, 0.2) is 15.8 Å². The summed E-state index contributed by atoms with van der Waals surface area (Å²) in [4.78, 5) is 7.09. The molecule has 1 fully saturated rings. The molecule has 1 unspecified atom stereocenters. The summed E-state index contributed by atoms with van der Waals surface area (Å²) in [6, 6.07) is 4.01. The molecule has 1 aromatic heterocycles. The topological polar surface area (TPSA) is 86.9 Å². The maximum absolute atomic E-state index is 12.3. The first-order valence-corrected chi connectivity index (χ1v) is 11.4. The van der Waals surface area contributed by atoms with Crippen LogP contribution in [0.15, 0.2) is 27.8 Å². The van der Waals surface area contributed by atoms with Gasteiger partial charge in [-0.1, -0.05) is 0 Å². The zero-order valence-electron chi connectivity index (χ0n) is 17.4. The van der Waals surface area contributed by atoms with Crippen molar-refractivity contribution < 1.29 is 12.8 Å². The Balaban J connectivity index is 0.00000392. The number of aliphatic imine (C=N–C) groups is 1. The lowest BCUT2D eigenvalue weighted by Crippen LogP contribution is -2.42. The molecule has 1 atom stereocenters. The number of hydrogen-bond donors (Lipinski definition) is 2. The first-order chi connectivity index (χ1) is 12.7. The van der Waals surface area contributed by atoms with Gasteiger partial charge in [-0.05, 0) is 65.8 Å². The molecule has 0 amide bonds. The van der Waals surface area contributed by atoms with Crippen LogP contribution in [0.2, 0.25) is 0 Å². The van der Waals surface area contributed by atoms with Crippen LogP contribution >= 0.6 is 24.0 Å². The highest BCUT2D eigenvalue weighted by atomic mass is 127. The summed E-state index contributed by atoms with van der Waals surface area (Å²) in [5.74, 6) is 1.64. The van der Waals surface area contributed by atoms with E-state index in [4.69, 9.17) is 9.41 Å². The van der Waals surface area contributed by atoms with Crippen molar-refractivity contribution in [3.05, 3.63) is 24.2 Å². The fourth-order valence-electron chi connectivity index (χ4n) is 3.05. The summed E-state index contributed by atoms with van der Waals surface area (Å²) in [5, 5.41) is 6.34. The van der Waals surface area contributed by atoms with Crippen LogP contribution in [0.25, 0.3) is 0 Å². The van der Waals surface area contributed by atoms with Crippen LogP contribution in [-0.2, 0) is 9.84 Å². The minimum atomic E-state index is -3.16. The van der Waals surface area contributed by atoms with Crippen molar-refractivity contribution in [2.75, 3.05) is 38.5 Å². The molecule has 9 heteroatoms. The summed E-state index contributed by atoms with van der Waals surface area (Å²) in [5.41, 5.74) is 0. The second-order valence-corrected chi connectivity index (χ2v) is 10.7. The van der Waals surface area contributed by atoms with E-state index in [9.17, 15) is 8.42 Å². The summed E-state index contributed by atoms with van der Waals surface area (Å²) < 4.78 is 29.4. The molecule has 1 aromatic rings. The van der Waals surface area contributed by atoms with Crippen LogP contribution in [-0.4, -0.2) is 62.5 Å². The van der Waals surface area contributed by atoms with E-state index in [0.717, 1.165) is 18.8 Å². The molecule has 1 aliphatic heterocycles. The Kier molecular flexibility index (Phi) is 10.3. The van der Waals surface area contributed by atoms with Gasteiger partial charge in [-0.3, -0.25) is 9.89 Å². The average molecular weight is 526 g/mol. The van der Waals surface area contributed by atoms with Gasteiger partial charge in [0.1, 0.15) is 5.76 Å². The molecule has 0 saturated carbocycles. The molecule has 2 heterocycles. The van der Waals surface area contributed by atoms with E-state index >= 15 is 0 Å². The van der Waals surface area contributed by atoms with Gasteiger partial charge in [-0.15, -0.1) is 24.0 Å². The molecule has 0 aromatic carbocycles. The van der Waals surface area contributed by atoms with Crippen LogP contribution in [0, 0.1) is 0 Å². The van der Waals surface area contributed by atoms with E-state index in [0.29, 0.717) is 25.6 Å². The average Bonchev–Trinajstić information content (AvgIpc) is 3.28. The third-order valence-electron chi connectivity index (χ3n) is 4.82. The summed E-state index contributed by atoms with van der Waals surface area (Å²) in [6.45, 7) is 10.9. The molecule has 0 bridgehead atoms. The molecule has 2 rings (SSSR count). The number of nitrogens with one attached hydrogen (secondary N) is 2. The van der Waals surface area contributed by atoms with Crippen molar-refractivity contribution in [3.63, 3.8) is 0 Å². The van der Waals surface area contributed by atoms with Gasteiger partial charge in [0.05, 0.1) is 29.3 Å². The Morgan fingerprint density at radius 3 is 2.50 bits per heavy atom. The molecular formula is C19H35IN4O3S. The number of hydrogen-bond acceptors (Lipinski definition) is 5. The van der Waals surface area contributed by atoms with E-state index in [1.54, 1.807) is 27.0 Å². The molecule has 7 nitrogen and oxygen atoms in total. The number of rotatable bonds is 8. The fourth-order valence-corrected chi connectivity index (χ4v) is 4.03. The minimum absolute atomic E-state index is 0.